The summed E-state index contributed by atoms with van der Waals surface area (Å²) in [6, 6.07) is -0.0170. The Morgan fingerprint density at radius 1 is 1.62 bits per heavy atom. The molecule has 0 saturated heterocycles. The monoisotopic (exact) mass is 181 g/mol. The van der Waals surface area contributed by atoms with Gasteiger partial charge in [0.25, 0.3) is 0 Å². The number of hydrogen-bond donors (Lipinski definition) is 1. The maximum atomic E-state index is 5.73. The molecule has 4 nitrogen and oxygen atoms in total. The molecule has 0 unspecified atom stereocenters. The Kier molecular flexibility index (Phi) is 3.33. The summed E-state index contributed by atoms with van der Waals surface area (Å²) in [6.07, 6.45) is 1.77. The van der Waals surface area contributed by atoms with Crippen molar-refractivity contribution < 1.29 is 4.74 Å². The number of nitrogens with zero attached hydrogens (tertiary/aromatic N) is 2. The smallest absolute Gasteiger partial charge is 0.154 e. The van der Waals surface area contributed by atoms with Gasteiger partial charge < -0.3 is 10.5 Å². The Bertz CT molecular complexity index is 286. The van der Waals surface area contributed by atoms with Crippen LogP contribution in [-0.4, -0.2) is 17.1 Å². The van der Waals surface area contributed by atoms with Gasteiger partial charge in [-0.15, -0.1) is 0 Å². The van der Waals surface area contributed by atoms with Gasteiger partial charge in [0.05, 0.1) is 0 Å². The maximum absolute atomic E-state index is 5.73. The maximum Gasteiger partial charge on any atom is 0.154 e. The van der Waals surface area contributed by atoms with Crippen LogP contribution < -0.4 is 5.73 Å². The van der Waals surface area contributed by atoms with Crippen LogP contribution in [0.25, 0.3) is 0 Å². The van der Waals surface area contributed by atoms with Crippen molar-refractivity contribution in [3.8, 4) is 0 Å². The van der Waals surface area contributed by atoms with Gasteiger partial charge >= 0.3 is 0 Å². The van der Waals surface area contributed by atoms with Crippen LogP contribution in [0.4, 0.5) is 0 Å². The van der Waals surface area contributed by atoms with Gasteiger partial charge in [0.2, 0.25) is 0 Å². The van der Waals surface area contributed by atoms with Crippen LogP contribution in [0, 0.1) is 6.92 Å². The molecule has 4 heteroatoms. The Morgan fingerprint density at radius 2 is 2.31 bits per heavy atom. The first-order valence-corrected chi connectivity index (χ1v) is 4.22. The second-order valence-corrected chi connectivity index (χ2v) is 3.05. The average molecular weight is 181 g/mol. The van der Waals surface area contributed by atoms with Gasteiger partial charge in [-0.1, -0.05) is 0 Å². The topological polar surface area (TPSA) is 61.0 Å². The van der Waals surface area contributed by atoms with Gasteiger partial charge in [0.15, 0.2) is 5.82 Å². The predicted octanol–water partition coefficient (Wildman–Crippen LogP) is 0.951. The Labute approximate surface area is 78.1 Å². The standard InChI is InChI=1S/C9H15N3O/c1-6(10)8-4-11-9(5-13-3)12-7(8)2/h4,6H,5,10H2,1-3H3/t6-/m0/s1. The average Bonchev–Trinajstić information content (AvgIpc) is 2.04. The van der Waals surface area contributed by atoms with E-state index in [1.54, 1.807) is 13.3 Å². The number of aryl methyl sites for hydroxylation is 1. The van der Waals surface area contributed by atoms with Crippen molar-refractivity contribution in [1.82, 2.24) is 9.97 Å². The number of aromatic nitrogens is 2. The lowest BCUT2D eigenvalue weighted by Gasteiger charge is -2.08. The van der Waals surface area contributed by atoms with E-state index in [9.17, 15) is 0 Å². The van der Waals surface area contributed by atoms with Gasteiger partial charge in [-0.25, -0.2) is 9.97 Å². The van der Waals surface area contributed by atoms with Crippen LogP contribution in [0.1, 0.15) is 30.0 Å². The fourth-order valence-electron chi connectivity index (χ4n) is 1.17. The van der Waals surface area contributed by atoms with E-state index in [1.165, 1.54) is 0 Å². The van der Waals surface area contributed by atoms with Crippen molar-refractivity contribution in [3.05, 3.63) is 23.3 Å². The molecule has 1 aromatic heterocycles. The molecule has 0 aliphatic heterocycles. The van der Waals surface area contributed by atoms with E-state index in [4.69, 9.17) is 10.5 Å². The number of nitrogens with two attached hydrogens (primary N) is 1. The Balaban J connectivity index is 2.92. The summed E-state index contributed by atoms with van der Waals surface area (Å²) in [4.78, 5) is 8.40. The van der Waals surface area contributed by atoms with E-state index in [2.05, 4.69) is 9.97 Å². The molecule has 0 fully saturated rings. The van der Waals surface area contributed by atoms with E-state index in [0.29, 0.717) is 12.4 Å². The van der Waals surface area contributed by atoms with E-state index < -0.39 is 0 Å². The van der Waals surface area contributed by atoms with Crippen LogP contribution in [0.3, 0.4) is 0 Å². The Hall–Kier alpha value is -1.00. The summed E-state index contributed by atoms with van der Waals surface area (Å²) < 4.78 is 4.93. The number of rotatable bonds is 3. The van der Waals surface area contributed by atoms with Crippen LogP contribution in [0.2, 0.25) is 0 Å². The zero-order valence-electron chi connectivity index (χ0n) is 8.24. The predicted molar refractivity (Wildman–Crippen MR) is 50.1 cm³/mol. The molecular formula is C9H15N3O. The molecule has 1 aromatic rings. The van der Waals surface area contributed by atoms with Crippen LogP contribution in [-0.2, 0) is 11.3 Å². The largest absolute Gasteiger partial charge is 0.377 e. The van der Waals surface area contributed by atoms with Gasteiger partial charge in [-0.2, -0.15) is 0 Å². The highest BCUT2D eigenvalue weighted by atomic mass is 16.5. The van der Waals surface area contributed by atoms with Gasteiger partial charge in [0.1, 0.15) is 6.61 Å². The minimum Gasteiger partial charge on any atom is -0.377 e. The lowest BCUT2D eigenvalue weighted by molar-refractivity contribution is 0.177. The molecule has 0 aliphatic rings. The molecular weight excluding hydrogens is 166 g/mol. The molecule has 2 N–H and O–H groups in total. The summed E-state index contributed by atoms with van der Waals surface area (Å²) in [5.41, 5.74) is 7.64. The lowest BCUT2D eigenvalue weighted by Crippen LogP contribution is -2.10. The van der Waals surface area contributed by atoms with E-state index in [1.807, 2.05) is 13.8 Å². The third-order valence-electron chi connectivity index (χ3n) is 1.83. The molecule has 0 bridgehead atoms. The van der Waals surface area contributed by atoms with Crippen molar-refractivity contribution in [2.24, 2.45) is 5.73 Å². The quantitative estimate of drug-likeness (QED) is 0.754. The highest BCUT2D eigenvalue weighted by Crippen LogP contribution is 2.11. The first-order chi connectivity index (χ1) is 6.15. The van der Waals surface area contributed by atoms with E-state index in [-0.39, 0.29) is 6.04 Å². The molecule has 1 rings (SSSR count). The van der Waals surface area contributed by atoms with Crippen LogP contribution in [0.5, 0.6) is 0 Å². The first kappa shape index (κ1) is 10.1. The zero-order chi connectivity index (χ0) is 9.84. The van der Waals surface area contributed by atoms with Crippen molar-refractivity contribution in [2.75, 3.05) is 7.11 Å². The minimum atomic E-state index is -0.0170. The number of hydrogen-bond acceptors (Lipinski definition) is 4. The fraction of sp³-hybridized carbons (Fsp3) is 0.556. The third-order valence-corrected chi connectivity index (χ3v) is 1.83. The molecule has 13 heavy (non-hydrogen) atoms. The molecule has 0 radical (unpaired) electrons. The van der Waals surface area contributed by atoms with Crippen molar-refractivity contribution in [2.45, 2.75) is 26.5 Å². The van der Waals surface area contributed by atoms with Gasteiger partial charge in [0, 0.05) is 30.6 Å². The highest BCUT2D eigenvalue weighted by Gasteiger charge is 2.06. The van der Waals surface area contributed by atoms with Gasteiger partial charge in [-0.3, -0.25) is 0 Å². The fourth-order valence-corrected chi connectivity index (χ4v) is 1.17. The molecule has 1 atom stereocenters. The lowest BCUT2D eigenvalue weighted by atomic mass is 10.1. The van der Waals surface area contributed by atoms with Crippen LogP contribution in [0.15, 0.2) is 6.20 Å². The third kappa shape index (κ3) is 2.47. The van der Waals surface area contributed by atoms with E-state index in [0.717, 1.165) is 11.3 Å². The second kappa shape index (κ2) is 4.30. The van der Waals surface area contributed by atoms with Crippen molar-refractivity contribution in [1.29, 1.82) is 0 Å². The minimum absolute atomic E-state index is 0.0170. The van der Waals surface area contributed by atoms with E-state index >= 15 is 0 Å². The molecule has 0 saturated carbocycles. The molecule has 0 aliphatic carbocycles. The zero-order valence-corrected chi connectivity index (χ0v) is 8.24. The summed E-state index contributed by atoms with van der Waals surface area (Å²) in [5.74, 6) is 0.699. The van der Waals surface area contributed by atoms with Gasteiger partial charge in [-0.05, 0) is 13.8 Å². The second-order valence-electron chi connectivity index (χ2n) is 3.05. The first-order valence-electron chi connectivity index (χ1n) is 4.22. The normalized spacial score (nSPS) is 12.9. The molecule has 0 spiro atoms. The summed E-state index contributed by atoms with van der Waals surface area (Å²) in [7, 11) is 1.62. The molecule has 72 valence electrons. The van der Waals surface area contributed by atoms with Crippen LogP contribution >= 0.6 is 0 Å². The number of ether oxygens (including phenoxy) is 1. The molecule has 0 aromatic carbocycles. The highest BCUT2D eigenvalue weighted by molar-refractivity contribution is 5.19. The molecule has 0 amide bonds. The number of methoxy groups -OCH3 is 1. The Morgan fingerprint density at radius 3 is 2.77 bits per heavy atom. The SMILES string of the molecule is COCc1ncc([C@H](C)N)c(C)n1. The summed E-state index contributed by atoms with van der Waals surface area (Å²) in [6.45, 7) is 4.29. The van der Waals surface area contributed by atoms with Crippen molar-refractivity contribution >= 4 is 0 Å². The van der Waals surface area contributed by atoms with Crippen molar-refractivity contribution in [3.63, 3.8) is 0 Å². The summed E-state index contributed by atoms with van der Waals surface area (Å²) >= 11 is 0. The molecule has 1 heterocycles. The summed E-state index contributed by atoms with van der Waals surface area (Å²) in [5, 5.41) is 0.